The average Bonchev–Trinajstić information content (AvgIpc) is 2.83. The predicted octanol–water partition coefficient (Wildman–Crippen LogP) is 2.30. The van der Waals surface area contributed by atoms with Crippen molar-refractivity contribution >= 4 is 11.6 Å². The highest BCUT2D eigenvalue weighted by Gasteiger charge is 2.19. The van der Waals surface area contributed by atoms with E-state index >= 15 is 0 Å². The summed E-state index contributed by atoms with van der Waals surface area (Å²) < 4.78 is 1.67. The second-order valence-corrected chi connectivity index (χ2v) is 5.76. The largest absolute Gasteiger partial charge is 0.319 e. The zero-order valence-electron chi connectivity index (χ0n) is 12.4. The Hall–Kier alpha value is -2.24. The molecule has 2 heterocycles. The number of hydrogen-bond donors (Lipinski definition) is 1. The Bertz CT molecular complexity index is 619. The summed E-state index contributed by atoms with van der Waals surface area (Å²) >= 11 is 0. The molecule has 0 aliphatic rings. The summed E-state index contributed by atoms with van der Waals surface area (Å²) in [6.45, 7) is 9.78. The fourth-order valence-corrected chi connectivity index (χ4v) is 1.76. The Morgan fingerprint density at radius 3 is 2.55 bits per heavy atom. The van der Waals surface area contributed by atoms with E-state index in [0.717, 1.165) is 16.9 Å². The molecule has 0 saturated heterocycles. The predicted molar refractivity (Wildman–Crippen MR) is 76.7 cm³/mol. The zero-order chi connectivity index (χ0) is 14.9. The Balaban J connectivity index is 2.23. The van der Waals surface area contributed by atoms with E-state index in [4.69, 9.17) is 0 Å². The monoisotopic (exact) mass is 273 g/mol. The van der Waals surface area contributed by atoms with E-state index in [9.17, 15) is 4.79 Å². The van der Waals surface area contributed by atoms with Crippen LogP contribution in [-0.2, 0) is 5.54 Å². The number of rotatable bonds is 2. The maximum absolute atomic E-state index is 12.2. The van der Waals surface area contributed by atoms with Gasteiger partial charge in [-0.3, -0.25) is 9.78 Å². The molecule has 2 rings (SSSR count). The van der Waals surface area contributed by atoms with Gasteiger partial charge in [-0.05, 0) is 46.2 Å². The van der Waals surface area contributed by atoms with Crippen molar-refractivity contribution in [3.63, 3.8) is 0 Å². The van der Waals surface area contributed by atoms with Gasteiger partial charge in [-0.15, -0.1) is 5.10 Å². The Morgan fingerprint density at radius 2 is 2.00 bits per heavy atom. The molecular formula is C14H19N5O. The molecule has 0 aliphatic carbocycles. The molecule has 0 saturated carbocycles. The summed E-state index contributed by atoms with van der Waals surface area (Å²) in [4.78, 5) is 16.4. The molecule has 0 unspecified atom stereocenters. The number of nitrogens with zero attached hydrogens (tertiary/aromatic N) is 4. The minimum atomic E-state index is -0.278. The standard InChI is InChI=1S/C14H19N5O/c1-9-6-7-15-10(2)12(9)16-13(20)11-8-19(18-17-11)14(3,4)5/h6-8H,1-5H3,(H,16,20). The van der Waals surface area contributed by atoms with Crippen LogP contribution in [0.5, 0.6) is 0 Å². The molecule has 0 aliphatic heterocycles. The smallest absolute Gasteiger partial charge is 0.277 e. The number of pyridine rings is 1. The van der Waals surface area contributed by atoms with Crippen LogP contribution in [0.2, 0.25) is 0 Å². The molecule has 0 fully saturated rings. The van der Waals surface area contributed by atoms with E-state index in [1.807, 2.05) is 40.7 Å². The van der Waals surface area contributed by atoms with Crippen LogP contribution >= 0.6 is 0 Å². The maximum atomic E-state index is 12.2. The van der Waals surface area contributed by atoms with Crippen LogP contribution < -0.4 is 5.32 Å². The molecule has 1 amide bonds. The van der Waals surface area contributed by atoms with Crippen LogP contribution in [0, 0.1) is 13.8 Å². The number of nitrogens with one attached hydrogen (secondary N) is 1. The summed E-state index contributed by atoms with van der Waals surface area (Å²) in [7, 11) is 0. The highest BCUT2D eigenvalue weighted by molar-refractivity contribution is 6.03. The lowest BCUT2D eigenvalue weighted by molar-refractivity contribution is 0.102. The number of aryl methyl sites for hydroxylation is 2. The van der Waals surface area contributed by atoms with Gasteiger partial charge in [0.05, 0.1) is 23.1 Å². The lowest BCUT2D eigenvalue weighted by atomic mass is 10.1. The zero-order valence-corrected chi connectivity index (χ0v) is 12.4. The summed E-state index contributed by atoms with van der Waals surface area (Å²) in [6, 6.07) is 1.86. The third kappa shape index (κ3) is 2.84. The van der Waals surface area contributed by atoms with Crippen molar-refractivity contribution in [1.82, 2.24) is 20.0 Å². The molecule has 6 nitrogen and oxygen atoms in total. The number of anilines is 1. The molecule has 0 atom stereocenters. The van der Waals surface area contributed by atoms with Crippen LogP contribution in [0.25, 0.3) is 0 Å². The van der Waals surface area contributed by atoms with Gasteiger partial charge >= 0.3 is 0 Å². The summed E-state index contributed by atoms with van der Waals surface area (Å²) in [5, 5.41) is 10.7. The molecule has 2 aromatic rings. The van der Waals surface area contributed by atoms with Gasteiger partial charge < -0.3 is 5.32 Å². The topological polar surface area (TPSA) is 72.7 Å². The van der Waals surface area contributed by atoms with Gasteiger partial charge in [0.15, 0.2) is 5.69 Å². The minimum absolute atomic E-state index is 0.203. The lowest BCUT2D eigenvalue weighted by Crippen LogP contribution is -2.22. The van der Waals surface area contributed by atoms with Crippen LogP contribution in [0.3, 0.4) is 0 Å². The second kappa shape index (κ2) is 5.03. The van der Waals surface area contributed by atoms with Gasteiger partial charge in [-0.25, -0.2) is 4.68 Å². The van der Waals surface area contributed by atoms with E-state index in [1.54, 1.807) is 17.1 Å². The molecular weight excluding hydrogens is 254 g/mol. The van der Waals surface area contributed by atoms with E-state index < -0.39 is 0 Å². The molecule has 0 aromatic carbocycles. The van der Waals surface area contributed by atoms with Crippen molar-refractivity contribution < 1.29 is 4.79 Å². The average molecular weight is 273 g/mol. The van der Waals surface area contributed by atoms with Gasteiger partial charge in [-0.2, -0.15) is 0 Å². The SMILES string of the molecule is Cc1ccnc(C)c1NC(=O)c1cn(C(C)(C)C)nn1. The van der Waals surface area contributed by atoms with Crippen molar-refractivity contribution in [2.45, 2.75) is 40.2 Å². The van der Waals surface area contributed by atoms with Crippen molar-refractivity contribution in [3.05, 3.63) is 35.4 Å². The first-order valence-corrected chi connectivity index (χ1v) is 6.45. The number of carbonyl (C=O) groups is 1. The molecule has 0 bridgehead atoms. The van der Waals surface area contributed by atoms with E-state index in [-0.39, 0.29) is 11.4 Å². The molecule has 0 spiro atoms. The molecule has 0 radical (unpaired) electrons. The van der Waals surface area contributed by atoms with Crippen LogP contribution in [0.1, 0.15) is 42.5 Å². The quantitative estimate of drug-likeness (QED) is 0.911. The third-order valence-electron chi connectivity index (χ3n) is 3.00. The van der Waals surface area contributed by atoms with Gasteiger partial charge in [0.2, 0.25) is 0 Å². The van der Waals surface area contributed by atoms with Crippen molar-refractivity contribution in [1.29, 1.82) is 0 Å². The first-order valence-electron chi connectivity index (χ1n) is 6.45. The number of carbonyl (C=O) groups excluding carboxylic acids is 1. The molecule has 1 N–H and O–H groups in total. The highest BCUT2D eigenvalue weighted by atomic mass is 16.2. The molecule has 6 heteroatoms. The number of aromatic nitrogens is 4. The van der Waals surface area contributed by atoms with Crippen LogP contribution in [0.4, 0.5) is 5.69 Å². The third-order valence-corrected chi connectivity index (χ3v) is 3.00. The fraction of sp³-hybridized carbons (Fsp3) is 0.429. The van der Waals surface area contributed by atoms with Crippen molar-refractivity contribution in [3.8, 4) is 0 Å². The van der Waals surface area contributed by atoms with Gasteiger partial charge in [0.25, 0.3) is 5.91 Å². The summed E-state index contributed by atoms with van der Waals surface area (Å²) in [6.07, 6.45) is 3.37. The molecule has 20 heavy (non-hydrogen) atoms. The fourth-order valence-electron chi connectivity index (χ4n) is 1.76. The maximum Gasteiger partial charge on any atom is 0.277 e. The van der Waals surface area contributed by atoms with E-state index in [2.05, 4.69) is 20.6 Å². The van der Waals surface area contributed by atoms with E-state index in [1.165, 1.54) is 0 Å². The summed E-state index contributed by atoms with van der Waals surface area (Å²) in [5.74, 6) is -0.278. The lowest BCUT2D eigenvalue weighted by Gasteiger charge is -2.17. The van der Waals surface area contributed by atoms with Gasteiger partial charge in [0.1, 0.15) is 0 Å². The van der Waals surface area contributed by atoms with Crippen LogP contribution in [-0.4, -0.2) is 25.9 Å². The Labute approximate surface area is 118 Å². The number of amides is 1. The first-order chi connectivity index (χ1) is 9.29. The molecule has 2 aromatic heterocycles. The minimum Gasteiger partial charge on any atom is -0.319 e. The Morgan fingerprint density at radius 1 is 1.30 bits per heavy atom. The molecule has 106 valence electrons. The van der Waals surface area contributed by atoms with Gasteiger partial charge in [0, 0.05) is 6.20 Å². The van der Waals surface area contributed by atoms with E-state index in [0.29, 0.717) is 5.69 Å². The number of hydrogen-bond acceptors (Lipinski definition) is 4. The second-order valence-electron chi connectivity index (χ2n) is 5.76. The van der Waals surface area contributed by atoms with Crippen molar-refractivity contribution in [2.24, 2.45) is 0 Å². The van der Waals surface area contributed by atoms with Gasteiger partial charge in [-0.1, -0.05) is 5.21 Å². The first kappa shape index (κ1) is 14.2. The van der Waals surface area contributed by atoms with Crippen molar-refractivity contribution in [2.75, 3.05) is 5.32 Å². The highest BCUT2D eigenvalue weighted by Crippen LogP contribution is 2.18. The normalized spacial score (nSPS) is 11.4. The Kier molecular flexibility index (Phi) is 3.57. The van der Waals surface area contributed by atoms with Crippen LogP contribution in [0.15, 0.2) is 18.5 Å². The summed E-state index contributed by atoms with van der Waals surface area (Å²) in [5.41, 5.74) is 2.56.